The lowest BCUT2D eigenvalue weighted by atomic mass is 9.94. The van der Waals surface area contributed by atoms with Gasteiger partial charge in [0.25, 0.3) is 0 Å². The first-order valence-corrected chi connectivity index (χ1v) is 12.1. The van der Waals surface area contributed by atoms with Crippen molar-refractivity contribution in [2.24, 2.45) is 5.92 Å². The average molecular weight is 500 g/mol. The molecule has 5 rings (SSSR count). The minimum atomic E-state index is -0.456. The summed E-state index contributed by atoms with van der Waals surface area (Å²) in [5, 5.41) is 6.44. The van der Waals surface area contributed by atoms with E-state index in [1.165, 1.54) is 18.5 Å². The van der Waals surface area contributed by atoms with Gasteiger partial charge in [-0.2, -0.15) is 0 Å². The van der Waals surface area contributed by atoms with Crippen molar-refractivity contribution in [1.82, 2.24) is 25.3 Å². The van der Waals surface area contributed by atoms with E-state index >= 15 is 0 Å². The zero-order valence-electron chi connectivity index (χ0n) is 19.7. The number of hydrogen-bond donors (Lipinski definition) is 2. The number of anilines is 2. The molecule has 3 aromatic rings. The number of hydrogen-bond acceptors (Lipinski definition) is 8. The van der Waals surface area contributed by atoms with Crippen LogP contribution in [-0.4, -0.2) is 58.8 Å². The molecule has 0 unspecified atom stereocenters. The second kappa shape index (κ2) is 11.1. The van der Waals surface area contributed by atoms with Crippen molar-refractivity contribution in [2.75, 3.05) is 43.0 Å². The van der Waals surface area contributed by atoms with Crippen molar-refractivity contribution >= 4 is 11.9 Å². The molecular formula is C25H28F3N7O. The van der Waals surface area contributed by atoms with Gasteiger partial charge in [-0.05, 0) is 48.9 Å². The summed E-state index contributed by atoms with van der Waals surface area (Å²) in [6.07, 6.45) is 8.51. The van der Waals surface area contributed by atoms with E-state index in [0.29, 0.717) is 48.8 Å². The number of piperidine rings is 1. The summed E-state index contributed by atoms with van der Waals surface area (Å²) in [7, 11) is 0. The highest BCUT2D eigenvalue weighted by molar-refractivity contribution is 5.34. The predicted molar refractivity (Wildman–Crippen MR) is 128 cm³/mol. The van der Waals surface area contributed by atoms with Crippen LogP contribution in [0.2, 0.25) is 0 Å². The minimum absolute atomic E-state index is 0.167. The maximum atomic E-state index is 14.3. The van der Waals surface area contributed by atoms with Crippen LogP contribution in [0, 0.1) is 23.4 Å². The molecule has 2 atom stereocenters. The normalized spacial score (nSPS) is 20.5. The number of benzene rings is 1. The molecule has 0 radical (unpaired) electrons. The molecule has 2 aromatic heterocycles. The van der Waals surface area contributed by atoms with E-state index in [1.54, 1.807) is 12.4 Å². The lowest BCUT2D eigenvalue weighted by Crippen LogP contribution is -2.35. The smallest absolute Gasteiger partial charge is 0.225 e. The summed E-state index contributed by atoms with van der Waals surface area (Å²) in [6.45, 7) is 3.34. The van der Waals surface area contributed by atoms with E-state index in [4.69, 9.17) is 4.74 Å². The Morgan fingerprint density at radius 2 is 1.69 bits per heavy atom. The van der Waals surface area contributed by atoms with E-state index in [2.05, 4.69) is 35.5 Å². The Morgan fingerprint density at radius 3 is 2.44 bits per heavy atom. The van der Waals surface area contributed by atoms with Crippen LogP contribution >= 0.6 is 0 Å². The highest BCUT2D eigenvalue weighted by atomic mass is 19.1. The molecule has 2 aliphatic rings. The third-order valence-electron chi connectivity index (χ3n) is 6.81. The SMILES string of the molecule is Fc1cnc(N2CCC(CCOc3cnc(N[C@H]4CNC[C@@H]4c4cc(F)ccc4F)nc3)CC2)nc1. The number of aromatic nitrogens is 4. The third kappa shape index (κ3) is 5.84. The van der Waals surface area contributed by atoms with Crippen molar-refractivity contribution in [2.45, 2.75) is 31.2 Å². The van der Waals surface area contributed by atoms with Crippen LogP contribution in [0.3, 0.4) is 0 Å². The van der Waals surface area contributed by atoms with Crippen LogP contribution in [0.15, 0.2) is 43.0 Å². The van der Waals surface area contributed by atoms with Crippen molar-refractivity contribution in [1.29, 1.82) is 0 Å². The van der Waals surface area contributed by atoms with Gasteiger partial charge in [-0.1, -0.05) is 0 Å². The first-order valence-electron chi connectivity index (χ1n) is 12.1. The quantitative estimate of drug-likeness (QED) is 0.487. The van der Waals surface area contributed by atoms with E-state index in [1.807, 2.05) is 0 Å². The molecule has 0 amide bonds. The molecule has 2 saturated heterocycles. The monoisotopic (exact) mass is 499 g/mol. The van der Waals surface area contributed by atoms with Crippen molar-refractivity contribution < 1.29 is 17.9 Å². The topological polar surface area (TPSA) is 88.1 Å². The Bertz CT molecular complexity index is 1140. The maximum absolute atomic E-state index is 14.3. The Morgan fingerprint density at radius 1 is 0.944 bits per heavy atom. The van der Waals surface area contributed by atoms with Gasteiger partial charge in [0.15, 0.2) is 11.6 Å². The van der Waals surface area contributed by atoms with Crippen LogP contribution in [0.1, 0.15) is 30.7 Å². The van der Waals surface area contributed by atoms with Gasteiger partial charge in [-0.25, -0.2) is 33.1 Å². The molecule has 0 saturated carbocycles. The number of rotatable bonds is 8. The molecule has 4 heterocycles. The summed E-state index contributed by atoms with van der Waals surface area (Å²) in [6, 6.07) is 3.36. The molecular weight excluding hydrogens is 471 g/mol. The lowest BCUT2D eigenvalue weighted by Gasteiger charge is -2.31. The Labute approximate surface area is 207 Å². The summed E-state index contributed by atoms with van der Waals surface area (Å²) in [5.41, 5.74) is 0.341. The fraction of sp³-hybridized carbons (Fsp3) is 0.440. The van der Waals surface area contributed by atoms with Gasteiger partial charge >= 0.3 is 0 Å². The Hall–Kier alpha value is -3.47. The molecule has 0 spiro atoms. The second-order valence-electron chi connectivity index (χ2n) is 9.19. The van der Waals surface area contributed by atoms with Gasteiger partial charge in [-0.3, -0.25) is 0 Å². The van der Waals surface area contributed by atoms with Crippen LogP contribution < -0.4 is 20.3 Å². The number of ether oxygens (including phenoxy) is 1. The van der Waals surface area contributed by atoms with Crippen LogP contribution in [0.4, 0.5) is 25.1 Å². The summed E-state index contributed by atoms with van der Waals surface area (Å²) < 4.78 is 46.8. The van der Waals surface area contributed by atoms with Gasteiger partial charge in [0.2, 0.25) is 11.9 Å². The zero-order chi connectivity index (χ0) is 24.9. The summed E-state index contributed by atoms with van der Waals surface area (Å²) in [5.74, 6) is 0.539. The first-order chi connectivity index (χ1) is 17.5. The minimum Gasteiger partial charge on any atom is -0.490 e. The zero-order valence-corrected chi connectivity index (χ0v) is 19.7. The molecule has 190 valence electrons. The molecule has 11 heteroatoms. The van der Waals surface area contributed by atoms with Gasteiger partial charge in [0.05, 0.1) is 31.4 Å². The first kappa shape index (κ1) is 24.2. The summed E-state index contributed by atoms with van der Waals surface area (Å²) in [4.78, 5) is 18.9. The van der Waals surface area contributed by atoms with Gasteiger partial charge < -0.3 is 20.3 Å². The van der Waals surface area contributed by atoms with Gasteiger partial charge in [0, 0.05) is 38.1 Å². The molecule has 1 aromatic carbocycles. The molecule has 36 heavy (non-hydrogen) atoms. The summed E-state index contributed by atoms with van der Waals surface area (Å²) >= 11 is 0. The largest absolute Gasteiger partial charge is 0.490 e. The van der Waals surface area contributed by atoms with Crippen molar-refractivity contribution in [3.8, 4) is 5.75 Å². The van der Waals surface area contributed by atoms with Crippen LogP contribution in [0.5, 0.6) is 5.75 Å². The third-order valence-corrected chi connectivity index (χ3v) is 6.81. The van der Waals surface area contributed by atoms with Crippen molar-refractivity contribution in [3.05, 3.63) is 66.0 Å². The highest BCUT2D eigenvalue weighted by Crippen LogP contribution is 2.28. The van der Waals surface area contributed by atoms with Gasteiger partial charge in [0.1, 0.15) is 11.6 Å². The van der Waals surface area contributed by atoms with E-state index in [-0.39, 0.29) is 12.0 Å². The number of nitrogens with zero attached hydrogens (tertiary/aromatic N) is 5. The lowest BCUT2D eigenvalue weighted by molar-refractivity contribution is 0.256. The molecule has 8 nitrogen and oxygen atoms in total. The fourth-order valence-corrected chi connectivity index (χ4v) is 4.82. The van der Waals surface area contributed by atoms with Crippen LogP contribution in [-0.2, 0) is 0 Å². The Balaban J connectivity index is 1.07. The van der Waals surface area contributed by atoms with E-state index < -0.39 is 17.5 Å². The molecule has 0 bridgehead atoms. The number of halogens is 3. The van der Waals surface area contributed by atoms with E-state index in [9.17, 15) is 13.2 Å². The highest BCUT2D eigenvalue weighted by Gasteiger charge is 2.31. The van der Waals surface area contributed by atoms with Gasteiger partial charge in [-0.15, -0.1) is 0 Å². The van der Waals surface area contributed by atoms with Crippen molar-refractivity contribution in [3.63, 3.8) is 0 Å². The number of nitrogens with one attached hydrogen (secondary N) is 2. The van der Waals surface area contributed by atoms with Crippen LogP contribution in [0.25, 0.3) is 0 Å². The molecule has 0 aliphatic carbocycles. The maximum Gasteiger partial charge on any atom is 0.225 e. The molecule has 2 fully saturated rings. The van der Waals surface area contributed by atoms with E-state index in [0.717, 1.165) is 44.5 Å². The standard InChI is InChI=1S/C25H28F3N7O/c26-17-1-2-22(28)20(9-17)21-14-29-15-23(21)34-24-30-12-19(13-31-24)36-8-5-16-3-6-35(7-4-16)25-32-10-18(27)11-33-25/h1-2,9-13,16,21,23,29H,3-8,14-15H2,(H,30,31,34)/t21-,23+/m1/s1. The average Bonchev–Trinajstić information content (AvgIpc) is 3.35. The Kier molecular flexibility index (Phi) is 7.45. The molecule has 2 N–H and O–H groups in total. The second-order valence-corrected chi connectivity index (χ2v) is 9.19. The fourth-order valence-electron chi connectivity index (χ4n) is 4.82. The predicted octanol–water partition coefficient (Wildman–Crippen LogP) is 3.54. The molecule has 2 aliphatic heterocycles.